The number of nitrogen functional groups attached to an aromatic ring is 1. The number of aryl methyl sites for hydroxylation is 1. The maximum absolute atomic E-state index is 12.7. The van der Waals surface area contributed by atoms with Crippen LogP contribution in [0.5, 0.6) is 0 Å². The van der Waals surface area contributed by atoms with Gasteiger partial charge < -0.3 is 11.1 Å². The molecule has 0 bridgehead atoms. The van der Waals surface area contributed by atoms with Crippen LogP contribution in [0.1, 0.15) is 18.9 Å². The maximum atomic E-state index is 12.7. The molecule has 0 aliphatic carbocycles. The Hall–Kier alpha value is -1.60. The van der Waals surface area contributed by atoms with Gasteiger partial charge in [-0.2, -0.15) is 4.31 Å². The van der Waals surface area contributed by atoms with Gasteiger partial charge in [0.1, 0.15) is 4.90 Å². The lowest BCUT2D eigenvalue weighted by Crippen LogP contribution is -2.40. The molecular weight excluding hydrogens is 290 g/mol. The minimum Gasteiger partial charge on any atom is -0.398 e. The number of sulfonamides is 1. The number of nitrogens with one attached hydrogen (secondary N) is 1. The Balaban J connectivity index is 2.32. The van der Waals surface area contributed by atoms with E-state index in [1.165, 1.54) is 10.4 Å². The van der Waals surface area contributed by atoms with E-state index in [0.717, 1.165) is 5.56 Å². The highest BCUT2D eigenvalue weighted by Crippen LogP contribution is 2.35. The fraction of sp³-hybridized carbons (Fsp3) is 0.500. The highest BCUT2D eigenvalue weighted by molar-refractivity contribution is 7.89. The van der Waals surface area contributed by atoms with Crippen LogP contribution in [-0.2, 0) is 14.8 Å². The maximum Gasteiger partial charge on any atom is 0.245 e. The molecule has 2 rings (SSSR count). The normalized spacial score (nSPS) is 23.2. The predicted octanol–water partition coefficient (Wildman–Crippen LogP) is 0.724. The van der Waals surface area contributed by atoms with Crippen molar-refractivity contribution in [1.82, 2.24) is 9.62 Å². The van der Waals surface area contributed by atoms with Crippen LogP contribution in [0.15, 0.2) is 23.1 Å². The number of carbonyl (C=O) groups is 1. The van der Waals surface area contributed by atoms with Gasteiger partial charge in [0.05, 0.1) is 11.1 Å². The average molecular weight is 311 g/mol. The summed E-state index contributed by atoms with van der Waals surface area (Å²) < 4.78 is 26.7. The van der Waals surface area contributed by atoms with Crippen LogP contribution in [-0.4, -0.2) is 38.8 Å². The van der Waals surface area contributed by atoms with E-state index in [-0.39, 0.29) is 23.0 Å². The van der Waals surface area contributed by atoms with Gasteiger partial charge in [0.15, 0.2) is 0 Å². The van der Waals surface area contributed by atoms with E-state index in [2.05, 4.69) is 5.32 Å². The van der Waals surface area contributed by atoms with E-state index in [1.807, 2.05) is 6.92 Å². The second-order valence-corrected chi connectivity index (χ2v) is 7.68. The molecule has 1 fully saturated rings. The first-order chi connectivity index (χ1) is 9.70. The number of hydrogen-bond acceptors (Lipinski definition) is 4. The molecule has 21 heavy (non-hydrogen) atoms. The molecule has 7 heteroatoms. The minimum atomic E-state index is -3.67. The monoisotopic (exact) mass is 311 g/mol. The standard InChI is InChI=1S/C14H21N3O3S/c1-10-4-5-12(11(15)8-10)21(19,20)17-7-6-14(2,9-17)13(18)16-3/h4-5,8H,6-7,9,15H2,1-3H3,(H,16,18). The minimum absolute atomic E-state index is 0.106. The summed E-state index contributed by atoms with van der Waals surface area (Å²) in [7, 11) is -2.11. The van der Waals surface area contributed by atoms with Crippen LogP contribution >= 0.6 is 0 Å². The third kappa shape index (κ3) is 2.75. The lowest BCUT2D eigenvalue weighted by Gasteiger charge is -2.23. The lowest BCUT2D eigenvalue weighted by atomic mass is 9.89. The van der Waals surface area contributed by atoms with E-state index in [9.17, 15) is 13.2 Å². The first-order valence-electron chi connectivity index (χ1n) is 6.79. The van der Waals surface area contributed by atoms with Crippen LogP contribution < -0.4 is 11.1 Å². The van der Waals surface area contributed by atoms with Gasteiger partial charge in [-0.25, -0.2) is 8.42 Å². The van der Waals surface area contributed by atoms with Crippen LogP contribution in [0.3, 0.4) is 0 Å². The molecule has 3 N–H and O–H groups in total. The van der Waals surface area contributed by atoms with E-state index < -0.39 is 15.4 Å². The third-order valence-electron chi connectivity index (χ3n) is 4.00. The predicted molar refractivity (Wildman–Crippen MR) is 81.1 cm³/mol. The Morgan fingerprint density at radius 2 is 2.10 bits per heavy atom. The fourth-order valence-electron chi connectivity index (χ4n) is 2.65. The van der Waals surface area contributed by atoms with Gasteiger partial charge >= 0.3 is 0 Å². The van der Waals surface area contributed by atoms with Crippen molar-refractivity contribution in [2.24, 2.45) is 5.41 Å². The molecule has 0 spiro atoms. The highest BCUT2D eigenvalue weighted by Gasteiger charge is 2.44. The summed E-state index contributed by atoms with van der Waals surface area (Å²) in [6.45, 7) is 4.12. The molecule has 1 amide bonds. The van der Waals surface area contributed by atoms with Crippen LogP contribution in [0.25, 0.3) is 0 Å². The van der Waals surface area contributed by atoms with Gasteiger partial charge in [0.2, 0.25) is 15.9 Å². The van der Waals surface area contributed by atoms with Gasteiger partial charge in [-0.05, 0) is 38.0 Å². The SMILES string of the molecule is CNC(=O)C1(C)CCN(S(=O)(=O)c2ccc(C)cc2N)C1. The topological polar surface area (TPSA) is 92.5 Å². The Kier molecular flexibility index (Phi) is 3.99. The number of anilines is 1. The number of nitrogens with zero attached hydrogens (tertiary/aromatic N) is 1. The Morgan fingerprint density at radius 1 is 1.43 bits per heavy atom. The Morgan fingerprint density at radius 3 is 2.67 bits per heavy atom. The smallest absolute Gasteiger partial charge is 0.245 e. The third-order valence-corrected chi connectivity index (χ3v) is 5.92. The largest absolute Gasteiger partial charge is 0.398 e. The number of nitrogens with two attached hydrogens (primary N) is 1. The number of benzene rings is 1. The summed E-state index contributed by atoms with van der Waals surface area (Å²) >= 11 is 0. The van der Waals surface area contributed by atoms with Gasteiger partial charge in [-0.1, -0.05) is 6.07 Å². The first-order valence-corrected chi connectivity index (χ1v) is 8.23. The zero-order chi connectivity index (χ0) is 15.8. The van der Waals surface area contributed by atoms with Crippen molar-refractivity contribution in [3.8, 4) is 0 Å². The molecule has 1 aromatic carbocycles. The van der Waals surface area contributed by atoms with E-state index >= 15 is 0 Å². The van der Waals surface area contributed by atoms with Gasteiger partial charge in [-0.15, -0.1) is 0 Å². The van der Waals surface area contributed by atoms with E-state index in [1.54, 1.807) is 26.1 Å². The molecule has 1 heterocycles. The highest BCUT2D eigenvalue weighted by atomic mass is 32.2. The summed E-state index contributed by atoms with van der Waals surface area (Å²) in [4.78, 5) is 12.0. The molecule has 6 nitrogen and oxygen atoms in total. The zero-order valence-corrected chi connectivity index (χ0v) is 13.3. The second-order valence-electron chi connectivity index (χ2n) is 5.77. The quantitative estimate of drug-likeness (QED) is 0.805. The Labute approximate surface area is 125 Å². The molecular formula is C14H21N3O3S. The summed E-state index contributed by atoms with van der Waals surface area (Å²) in [5.41, 5.74) is 6.30. The van der Waals surface area contributed by atoms with E-state index in [4.69, 9.17) is 5.73 Å². The van der Waals surface area contributed by atoms with Crippen molar-refractivity contribution in [3.05, 3.63) is 23.8 Å². The number of hydrogen-bond donors (Lipinski definition) is 2. The number of amides is 1. The van der Waals surface area contributed by atoms with Gasteiger partial charge in [0, 0.05) is 20.1 Å². The van der Waals surface area contributed by atoms with Gasteiger partial charge in [-0.3, -0.25) is 4.79 Å². The van der Waals surface area contributed by atoms with E-state index in [0.29, 0.717) is 13.0 Å². The summed E-state index contributed by atoms with van der Waals surface area (Å²) in [6, 6.07) is 4.88. The van der Waals surface area contributed by atoms with Crippen molar-refractivity contribution >= 4 is 21.6 Å². The van der Waals surface area contributed by atoms with Crippen molar-refractivity contribution < 1.29 is 13.2 Å². The van der Waals surface area contributed by atoms with Crippen molar-refractivity contribution in [3.63, 3.8) is 0 Å². The zero-order valence-electron chi connectivity index (χ0n) is 12.5. The first kappa shape index (κ1) is 15.8. The van der Waals surface area contributed by atoms with Crippen LogP contribution in [0.2, 0.25) is 0 Å². The number of rotatable bonds is 3. The summed E-state index contributed by atoms with van der Waals surface area (Å²) in [5.74, 6) is -0.142. The van der Waals surface area contributed by atoms with Crippen molar-refractivity contribution in [1.29, 1.82) is 0 Å². The van der Waals surface area contributed by atoms with Gasteiger partial charge in [0.25, 0.3) is 0 Å². The molecule has 1 saturated heterocycles. The fourth-order valence-corrected chi connectivity index (χ4v) is 4.31. The van der Waals surface area contributed by atoms with Crippen LogP contribution in [0.4, 0.5) is 5.69 Å². The molecule has 1 aliphatic heterocycles. The molecule has 0 saturated carbocycles. The molecule has 1 atom stereocenters. The number of carbonyl (C=O) groups excluding carboxylic acids is 1. The second kappa shape index (κ2) is 5.31. The molecule has 1 aliphatic rings. The summed E-state index contributed by atoms with van der Waals surface area (Å²) in [6.07, 6.45) is 0.498. The Bertz CT molecular complexity index is 672. The lowest BCUT2D eigenvalue weighted by molar-refractivity contribution is -0.128. The molecule has 0 radical (unpaired) electrons. The van der Waals surface area contributed by atoms with Crippen LogP contribution in [0, 0.1) is 12.3 Å². The van der Waals surface area contributed by atoms with Crippen molar-refractivity contribution in [2.45, 2.75) is 25.2 Å². The average Bonchev–Trinajstić information content (AvgIpc) is 2.82. The molecule has 0 aromatic heterocycles. The van der Waals surface area contributed by atoms with Crippen molar-refractivity contribution in [2.75, 3.05) is 25.9 Å². The molecule has 116 valence electrons. The summed E-state index contributed by atoms with van der Waals surface area (Å²) in [5, 5.41) is 2.59. The molecule has 1 aromatic rings. The molecule has 1 unspecified atom stereocenters.